The first kappa shape index (κ1) is 9.04. The number of rotatable bonds is 1. The number of carbonyl (C=O) groups is 1. The van der Waals surface area contributed by atoms with Crippen LogP contribution in [0.1, 0.15) is 17.5 Å². The van der Waals surface area contributed by atoms with Gasteiger partial charge in [0.05, 0.1) is 12.0 Å². The Morgan fingerprint density at radius 1 is 1.70 bits per heavy atom. The molecule has 0 aromatic carbocycles. The third-order valence-corrected chi connectivity index (χ3v) is 1.02. The number of ketones is 1. The highest BCUT2D eigenvalue weighted by Crippen LogP contribution is 2.11. The van der Waals surface area contributed by atoms with Gasteiger partial charge in [-0.25, -0.2) is 0 Å². The van der Waals surface area contributed by atoms with E-state index < -0.39 is 0 Å². The second-order valence-electron chi connectivity index (χ2n) is 1.76. The topological polar surface area (TPSA) is 56.2 Å². The number of furan rings is 1. The Hall–Kier alpha value is -0.960. The highest BCUT2D eigenvalue weighted by atomic mass is 35.5. The van der Waals surface area contributed by atoms with Crippen LogP contribution in [0.4, 0.5) is 5.69 Å². The first-order valence-electron chi connectivity index (χ1n) is 2.55. The Morgan fingerprint density at radius 2 is 2.30 bits per heavy atom. The van der Waals surface area contributed by atoms with Crippen molar-refractivity contribution in [3.05, 3.63) is 18.1 Å². The highest BCUT2D eigenvalue weighted by molar-refractivity contribution is 5.96. The average Bonchev–Trinajstić information content (AvgIpc) is 2.13. The Morgan fingerprint density at radius 3 is 2.50 bits per heavy atom. The maximum Gasteiger partial charge on any atom is 0.197 e. The number of Topliss-reactive ketones (excluding diaryl/α,β-unsaturated/α-hetero) is 1. The second kappa shape index (κ2) is 3.27. The molecule has 0 fully saturated rings. The minimum Gasteiger partial charge on any atom is -0.459 e. The van der Waals surface area contributed by atoms with Crippen LogP contribution >= 0.6 is 12.4 Å². The molecule has 0 amide bonds. The third-order valence-electron chi connectivity index (χ3n) is 1.02. The first-order valence-corrected chi connectivity index (χ1v) is 2.55. The molecular formula is C6H8ClNO2. The van der Waals surface area contributed by atoms with E-state index in [0.29, 0.717) is 5.69 Å². The quantitative estimate of drug-likeness (QED) is 0.635. The van der Waals surface area contributed by atoms with Crippen LogP contribution in [0, 0.1) is 0 Å². The van der Waals surface area contributed by atoms with Gasteiger partial charge in [-0.05, 0) is 0 Å². The van der Waals surface area contributed by atoms with Gasteiger partial charge in [0.25, 0.3) is 0 Å². The van der Waals surface area contributed by atoms with Crippen molar-refractivity contribution in [1.29, 1.82) is 0 Å². The molecule has 0 saturated carbocycles. The van der Waals surface area contributed by atoms with E-state index in [1.165, 1.54) is 13.2 Å². The molecule has 0 unspecified atom stereocenters. The molecule has 0 bridgehead atoms. The number of carbonyl (C=O) groups excluding carboxylic acids is 1. The molecule has 0 aliphatic carbocycles. The predicted octanol–water partition coefficient (Wildman–Crippen LogP) is 1.49. The lowest BCUT2D eigenvalue weighted by Gasteiger charge is -1.86. The average molecular weight is 162 g/mol. The van der Waals surface area contributed by atoms with Gasteiger partial charge in [-0.3, -0.25) is 4.79 Å². The molecule has 1 heterocycles. The van der Waals surface area contributed by atoms with Crippen molar-refractivity contribution in [2.75, 3.05) is 5.73 Å². The number of hydrogen-bond acceptors (Lipinski definition) is 3. The van der Waals surface area contributed by atoms with Crippen LogP contribution in [0.5, 0.6) is 0 Å². The fraction of sp³-hybridized carbons (Fsp3) is 0.167. The zero-order valence-corrected chi connectivity index (χ0v) is 6.27. The van der Waals surface area contributed by atoms with Gasteiger partial charge in [0.1, 0.15) is 0 Å². The molecule has 0 spiro atoms. The molecule has 0 aliphatic rings. The molecule has 0 saturated heterocycles. The summed E-state index contributed by atoms with van der Waals surface area (Å²) in [7, 11) is 0. The van der Waals surface area contributed by atoms with Crippen LogP contribution in [0.25, 0.3) is 0 Å². The van der Waals surface area contributed by atoms with Gasteiger partial charge in [0, 0.05) is 13.0 Å². The Kier molecular flexibility index (Phi) is 2.96. The van der Waals surface area contributed by atoms with Gasteiger partial charge in [0.2, 0.25) is 0 Å². The number of nitrogen functional groups attached to an aromatic ring is 1. The Balaban J connectivity index is 0.000000810. The largest absolute Gasteiger partial charge is 0.459 e. The fourth-order valence-electron chi connectivity index (χ4n) is 0.605. The van der Waals surface area contributed by atoms with E-state index in [-0.39, 0.29) is 24.0 Å². The number of hydrogen-bond donors (Lipinski definition) is 1. The maximum atomic E-state index is 10.6. The van der Waals surface area contributed by atoms with Crippen molar-refractivity contribution < 1.29 is 9.21 Å². The first-order chi connectivity index (χ1) is 4.22. The van der Waals surface area contributed by atoms with Crippen molar-refractivity contribution in [3.63, 3.8) is 0 Å². The normalized spacial score (nSPS) is 8.50. The van der Waals surface area contributed by atoms with Crippen LogP contribution in [-0.4, -0.2) is 5.78 Å². The minimum atomic E-state index is -0.141. The summed E-state index contributed by atoms with van der Waals surface area (Å²) in [6, 6.07) is 1.55. The lowest BCUT2D eigenvalue weighted by Crippen LogP contribution is -1.94. The lowest BCUT2D eigenvalue weighted by molar-refractivity contribution is 0.0988. The zero-order chi connectivity index (χ0) is 6.85. The smallest absolute Gasteiger partial charge is 0.197 e. The Bertz CT molecular complexity index is 231. The van der Waals surface area contributed by atoms with Gasteiger partial charge in [-0.2, -0.15) is 0 Å². The summed E-state index contributed by atoms with van der Waals surface area (Å²) in [6.07, 6.45) is 1.39. The summed E-state index contributed by atoms with van der Waals surface area (Å²) in [6.45, 7) is 1.41. The summed E-state index contributed by atoms with van der Waals surface area (Å²) in [5.41, 5.74) is 5.73. The van der Waals surface area contributed by atoms with Gasteiger partial charge < -0.3 is 10.2 Å². The summed E-state index contributed by atoms with van der Waals surface area (Å²) in [5.74, 6) is 0.104. The molecule has 56 valence electrons. The molecule has 0 radical (unpaired) electrons. The lowest BCUT2D eigenvalue weighted by atomic mass is 10.3. The van der Waals surface area contributed by atoms with E-state index in [1.54, 1.807) is 6.07 Å². The van der Waals surface area contributed by atoms with Crippen LogP contribution in [-0.2, 0) is 0 Å². The van der Waals surface area contributed by atoms with E-state index in [4.69, 9.17) is 10.2 Å². The predicted molar refractivity (Wildman–Crippen MR) is 40.4 cm³/mol. The highest BCUT2D eigenvalue weighted by Gasteiger charge is 2.05. The van der Waals surface area contributed by atoms with Crippen LogP contribution in [0.15, 0.2) is 16.7 Å². The minimum absolute atomic E-state index is 0. The number of nitrogens with two attached hydrogens (primary N) is 1. The molecule has 0 aliphatic heterocycles. The maximum absolute atomic E-state index is 10.6. The third kappa shape index (κ3) is 1.51. The molecule has 3 nitrogen and oxygen atoms in total. The van der Waals surface area contributed by atoms with Crippen molar-refractivity contribution in [1.82, 2.24) is 0 Å². The standard InChI is InChI=1S/C6H7NO2.ClH/c1-4(8)6-5(7)2-3-9-6;/h2-3H,7H2,1H3;1H. The van der Waals surface area contributed by atoms with Crippen LogP contribution in [0.3, 0.4) is 0 Å². The summed E-state index contributed by atoms with van der Waals surface area (Å²) >= 11 is 0. The van der Waals surface area contributed by atoms with E-state index in [0.717, 1.165) is 0 Å². The zero-order valence-electron chi connectivity index (χ0n) is 5.46. The van der Waals surface area contributed by atoms with Gasteiger partial charge in [0.15, 0.2) is 11.5 Å². The summed E-state index contributed by atoms with van der Waals surface area (Å²) in [4.78, 5) is 10.6. The van der Waals surface area contributed by atoms with E-state index >= 15 is 0 Å². The van der Waals surface area contributed by atoms with Crippen molar-refractivity contribution in [3.8, 4) is 0 Å². The van der Waals surface area contributed by atoms with Crippen molar-refractivity contribution >= 4 is 23.9 Å². The second-order valence-corrected chi connectivity index (χ2v) is 1.76. The van der Waals surface area contributed by atoms with Gasteiger partial charge >= 0.3 is 0 Å². The van der Waals surface area contributed by atoms with Gasteiger partial charge in [-0.15, -0.1) is 12.4 Å². The Labute approximate surface area is 64.6 Å². The van der Waals surface area contributed by atoms with Crippen LogP contribution < -0.4 is 5.73 Å². The summed E-state index contributed by atoms with van der Waals surface area (Å²) < 4.78 is 4.75. The molecule has 1 aromatic rings. The van der Waals surface area contributed by atoms with E-state index in [1.807, 2.05) is 0 Å². The van der Waals surface area contributed by atoms with Gasteiger partial charge in [-0.1, -0.05) is 0 Å². The van der Waals surface area contributed by atoms with Crippen LogP contribution in [0.2, 0.25) is 0 Å². The number of halogens is 1. The molecular weight excluding hydrogens is 154 g/mol. The molecule has 4 heteroatoms. The fourth-order valence-corrected chi connectivity index (χ4v) is 0.605. The number of anilines is 1. The van der Waals surface area contributed by atoms with Crippen molar-refractivity contribution in [2.24, 2.45) is 0 Å². The molecule has 0 atom stereocenters. The monoisotopic (exact) mass is 161 g/mol. The van der Waals surface area contributed by atoms with E-state index in [9.17, 15) is 4.79 Å². The molecule has 1 aromatic heterocycles. The molecule has 2 N–H and O–H groups in total. The summed E-state index contributed by atoms with van der Waals surface area (Å²) in [5, 5.41) is 0. The SMILES string of the molecule is CC(=O)c1occc1N.Cl. The van der Waals surface area contributed by atoms with E-state index in [2.05, 4.69) is 0 Å². The molecule has 10 heavy (non-hydrogen) atoms. The van der Waals surface area contributed by atoms with Crippen molar-refractivity contribution in [2.45, 2.75) is 6.92 Å². The molecule has 1 rings (SSSR count).